The summed E-state index contributed by atoms with van der Waals surface area (Å²) in [6, 6.07) is 10.2. The van der Waals surface area contributed by atoms with Gasteiger partial charge in [0.1, 0.15) is 5.76 Å². The Balaban J connectivity index is 1.87. The minimum Gasteiger partial charge on any atom is -0.467 e. The number of alkyl halides is 3. The van der Waals surface area contributed by atoms with Crippen molar-refractivity contribution in [3.05, 3.63) is 60.1 Å². The molecule has 1 N–H and O–H groups in total. The number of nitrogens with zero attached hydrogens (tertiary/aromatic N) is 1. The van der Waals surface area contributed by atoms with E-state index in [2.05, 4.69) is 5.32 Å². The standard InChI is InChI=1S/C22H25F3N2O3/c23-22(24,25)21(29)27(14-13-16-8-3-1-4-9-16)19(18-12-7-15-30-18)20(28)26-17-10-5-2-6-11-17/h1,3-4,7-9,12,15,17,19H,2,5-6,10-11,13-14H2,(H,26,28)/t19-/m1/s1. The molecule has 2 aromatic rings. The lowest BCUT2D eigenvalue weighted by molar-refractivity contribution is -0.189. The third-order valence-corrected chi connectivity index (χ3v) is 5.31. The van der Waals surface area contributed by atoms with E-state index in [0.717, 1.165) is 37.7 Å². The number of hydrogen-bond donors (Lipinski definition) is 1. The average molecular weight is 422 g/mol. The molecule has 3 rings (SSSR count). The Morgan fingerprint density at radius 2 is 1.77 bits per heavy atom. The summed E-state index contributed by atoms with van der Waals surface area (Å²) in [4.78, 5) is 25.9. The summed E-state index contributed by atoms with van der Waals surface area (Å²) in [6.45, 7) is -0.272. The molecule has 1 aromatic carbocycles. The minimum absolute atomic E-state index is 0.00831. The number of rotatable bonds is 7. The predicted molar refractivity (Wildman–Crippen MR) is 104 cm³/mol. The molecule has 0 saturated heterocycles. The summed E-state index contributed by atoms with van der Waals surface area (Å²) in [5.41, 5.74) is 0.767. The predicted octanol–water partition coefficient (Wildman–Crippen LogP) is 4.40. The van der Waals surface area contributed by atoms with Gasteiger partial charge < -0.3 is 14.6 Å². The highest BCUT2D eigenvalue weighted by atomic mass is 19.4. The maximum absolute atomic E-state index is 13.4. The molecule has 1 heterocycles. The average Bonchev–Trinajstić information content (AvgIpc) is 3.25. The number of nitrogens with one attached hydrogen (secondary N) is 1. The first kappa shape index (κ1) is 21.9. The Bertz CT molecular complexity index is 816. The van der Waals surface area contributed by atoms with Crippen LogP contribution in [0.5, 0.6) is 0 Å². The summed E-state index contributed by atoms with van der Waals surface area (Å²) in [5.74, 6) is -2.70. The van der Waals surface area contributed by atoms with Crippen molar-refractivity contribution < 1.29 is 27.2 Å². The number of carbonyl (C=O) groups excluding carboxylic acids is 2. The van der Waals surface area contributed by atoms with Crippen LogP contribution < -0.4 is 5.32 Å². The highest BCUT2D eigenvalue weighted by molar-refractivity contribution is 5.90. The Morgan fingerprint density at radius 3 is 2.37 bits per heavy atom. The molecule has 1 aromatic heterocycles. The van der Waals surface area contributed by atoms with Crippen LogP contribution in [0.2, 0.25) is 0 Å². The van der Waals surface area contributed by atoms with E-state index in [-0.39, 0.29) is 24.8 Å². The first-order valence-electron chi connectivity index (χ1n) is 10.1. The van der Waals surface area contributed by atoms with Crippen LogP contribution in [0.25, 0.3) is 0 Å². The highest BCUT2D eigenvalue weighted by Gasteiger charge is 2.47. The number of furan rings is 1. The zero-order valence-corrected chi connectivity index (χ0v) is 16.5. The summed E-state index contributed by atoms with van der Waals surface area (Å²) >= 11 is 0. The molecule has 1 atom stereocenters. The highest BCUT2D eigenvalue weighted by Crippen LogP contribution is 2.29. The van der Waals surface area contributed by atoms with Crippen molar-refractivity contribution in [1.82, 2.24) is 10.2 Å². The maximum atomic E-state index is 13.4. The smallest absolute Gasteiger partial charge is 0.467 e. The molecule has 5 nitrogen and oxygen atoms in total. The quantitative estimate of drug-likeness (QED) is 0.719. The van der Waals surface area contributed by atoms with Gasteiger partial charge in [0.15, 0.2) is 6.04 Å². The van der Waals surface area contributed by atoms with Crippen molar-refractivity contribution in [1.29, 1.82) is 0 Å². The zero-order chi connectivity index (χ0) is 21.6. The van der Waals surface area contributed by atoms with Crippen LogP contribution in [0.4, 0.5) is 13.2 Å². The lowest BCUT2D eigenvalue weighted by Crippen LogP contribution is -2.51. The van der Waals surface area contributed by atoms with E-state index >= 15 is 0 Å². The summed E-state index contributed by atoms with van der Waals surface area (Å²) in [6.07, 6.45) is 0.878. The van der Waals surface area contributed by atoms with Crippen molar-refractivity contribution in [2.75, 3.05) is 6.54 Å². The van der Waals surface area contributed by atoms with Gasteiger partial charge in [-0.1, -0.05) is 49.6 Å². The van der Waals surface area contributed by atoms with Crippen LogP contribution in [-0.4, -0.2) is 35.5 Å². The van der Waals surface area contributed by atoms with Gasteiger partial charge in [0.2, 0.25) is 0 Å². The number of hydrogen-bond acceptors (Lipinski definition) is 3. The first-order chi connectivity index (χ1) is 14.4. The van der Waals surface area contributed by atoms with Gasteiger partial charge in [0, 0.05) is 12.6 Å². The summed E-state index contributed by atoms with van der Waals surface area (Å²) in [7, 11) is 0. The molecule has 30 heavy (non-hydrogen) atoms. The van der Waals surface area contributed by atoms with E-state index in [4.69, 9.17) is 4.42 Å². The lowest BCUT2D eigenvalue weighted by Gasteiger charge is -2.32. The molecule has 0 radical (unpaired) electrons. The Hall–Kier alpha value is -2.77. The van der Waals surface area contributed by atoms with Gasteiger partial charge in [0.25, 0.3) is 5.91 Å². The van der Waals surface area contributed by atoms with E-state index in [1.807, 2.05) is 0 Å². The van der Waals surface area contributed by atoms with E-state index in [1.54, 1.807) is 30.3 Å². The van der Waals surface area contributed by atoms with Crippen molar-refractivity contribution in [3.63, 3.8) is 0 Å². The monoisotopic (exact) mass is 422 g/mol. The van der Waals surface area contributed by atoms with E-state index < -0.39 is 24.0 Å². The van der Waals surface area contributed by atoms with E-state index in [1.165, 1.54) is 18.4 Å². The zero-order valence-electron chi connectivity index (χ0n) is 16.5. The maximum Gasteiger partial charge on any atom is 0.471 e. The van der Waals surface area contributed by atoms with Crippen LogP contribution in [0, 0.1) is 0 Å². The van der Waals surface area contributed by atoms with Gasteiger partial charge >= 0.3 is 12.1 Å². The normalized spacial score (nSPS) is 16.1. The topological polar surface area (TPSA) is 62.6 Å². The molecule has 2 amide bonds. The SMILES string of the molecule is O=C(NC1CCCCC1)[C@@H](c1ccco1)N(CCc1ccccc1)C(=O)C(F)(F)F. The largest absolute Gasteiger partial charge is 0.471 e. The fourth-order valence-electron chi connectivity index (χ4n) is 3.80. The van der Waals surface area contributed by atoms with Gasteiger partial charge in [-0.25, -0.2) is 0 Å². The fourth-order valence-corrected chi connectivity index (χ4v) is 3.80. The molecule has 0 spiro atoms. The Morgan fingerprint density at radius 1 is 1.07 bits per heavy atom. The van der Waals surface area contributed by atoms with Crippen LogP contribution in [0.15, 0.2) is 53.1 Å². The molecule has 0 aliphatic heterocycles. The van der Waals surface area contributed by atoms with Crippen LogP contribution in [0.3, 0.4) is 0 Å². The van der Waals surface area contributed by atoms with Crippen molar-refractivity contribution >= 4 is 11.8 Å². The van der Waals surface area contributed by atoms with Gasteiger partial charge in [-0.05, 0) is 37.0 Å². The van der Waals surface area contributed by atoms with Crippen LogP contribution >= 0.6 is 0 Å². The molecule has 1 aliphatic rings. The van der Waals surface area contributed by atoms with Crippen molar-refractivity contribution in [2.24, 2.45) is 0 Å². The Labute approximate surface area is 173 Å². The van der Waals surface area contributed by atoms with E-state index in [0.29, 0.717) is 4.90 Å². The minimum atomic E-state index is -5.10. The lowest BCUT2D eigenvalue weighted by atomic mass is 9.95. The third-order valence-electron chi connectivity index (χ3n) is 5.31. The Kier molecular flexibility index (Phi) is 7.18. The van der Waals surface area contributed by atoms with Gasteiger partial charge in [-0.15, -0.1) is 0 Å². The van der Waals surface area contributed by atoms with Crippen LogP contribution in [0.1, 0.15) is 49.5 Å². The van der Waals surface area contributed by atoms with Gasteiger partial charge in [-0.3, -0.25) is 9.59 Å². The molecular weight excluding hydrogens is 397 g/mol. The number of halogens is 3. The van der Waals surface area contributed by atoms with Gasteiger partial charge in [-0.2, -0.15) is 13.2 Å². The molecule has 162 valence electrons. The number of benzene rings is 1. The second kappa shape index (κ2) is 9.82. The molecule has 8 heteroatoms. The number of carbonyl (C=O) groups is 2. The third kappa shape index (κ3) is 5.64. The van der Waals surface area contributed by atoms with Crippen molar-refractivity contribution in [2.45, 2.75) is 56.8 Å². The molecule has 0 bridgehead atoms. The molecule has 1 saturated carbocycles. The summed E-state index contributed by atoms with van der Waals surface area (Å²) < 4.78 is 45.5. The number of amides is 2. The molecule has 1 fully saturated rings. The summed E-state index contributed by atoms with van der Waals surface area (Å²) in [5, 5.41) is 2.83. The second-order valence-electron chi connectivity index (χ2n) is 7.49. The first-order valence-corrected chi connectivity index (χ1v) is 10.1. The molecule has 0 unspecified atom stereocenters. The van der Waals surface area contributed by atoms with Crippen LogP contribution in [-0.2, 0) is 16.0 Å². The molecular formula is C22H25F3N2O3. The fraction of sp³-hybridized carbons (Fsp3) is 0.455. The molecule has 1 aliphatic carbocycles. The van der Waals surface area contributed by atoms with Gasteiger partial charge in [0.05, 0.1) is 6.26 Å². The second-order valence-corrected chi connectivity index (χ2v) is 7.49. The van der Waals surface area contributed by atoms with Crippen molar-refractivity contribution in [3.8, 4) is 0 Å². The van der Waals surface area contributed by atoms with E-state index in [9.17, 15) is 22.8 Å².